The average Bonchev–Trinajstić information content (AvgIpc) is 3.28. The lowest BCUT2D eigenvalue weighted by Gasteiger charge is -2.12. The second kappa shape index (κ2) is 5.86. The van der Waals surface area contributed by atoms with Crippen molar-refractivity contribution in [3.05, 3.63) is 58.9 Å². The van der Waals surface area contributed by atoms with E-state index in [1.807, 2.05) is 19.1 Å². The lowest BCUT2D eigenvalue weighted by atomic mass is 10.1. The molecule has 0 saturated heterocycles. The largest absolute Gasteiger partial charge is 0.454 e. The van der Waals surface area contributed by atoms with Crippen LogP contribution in [-0.4, -0.2) is 6.04 Å². The van der Waals surface area contributed by atoms with E-state index in [0.717, 1.165) is 12.1 Å². The lowest BCUT2D eigenvalue weighted by Crippen LogP contribution is -2.15. The summed E-state index contributed by atoms with van der Waals surface area (Å²) in [4.78, 5) is 0. The standard InChI is InChI=1S/C18H20FNO/c1-12-4-3-5-17(18(12)19)21-16-9-6-14(10-13(16)2)11-20-15-7-8-15/h3-6,9-10,15,20H,7-8,11H2,1-2H3. The van der Waals surface area contributed by atoms with Crippen LogP contribution in [0.3, 0.4) is 0 Å². The zero-order valence-corrected chi connectivity index (χ0v) is 12.4. The van der Waals surface area contributed by atoms with Crippen molar-refractivity contribution in [2.45, 2.75) is 39.3 Å². The molecule has 0 unspecified atom stereocenters. The topological polar surface area (TPSA) is 21.3 Å². The predicted octanol–water partition coefficient (Wildman–Crippen LogP) is 4.49. The molecule has 3 rings (SSSR count). The molecule has 2 nitrogen and oxygen atoms in total. The molecule has 0 heterocycles. The molecule has 1 fully saturated rings. The molecule has 21 heavy (non-hydrogen) atoms. The summed E-state index contributed by atoms with van der Waals surface area (Å²) in [5.41, 5.74) is 2.85. The molecule has 0 aromatic heterocycles. The number of halogens is 1. The van der Waals surface area contributed by atoms with Crippen molar-refractivity contribution in [3.8, 4) is 11.5 Å². The van der Waals surface area contributed by atoms with Gasteiger partial charge >= 0.3 is 0 Å². The molecule has 0 atom stereocenters. The SMILES string of the molecule is Cc1cc(CNC2CC2)ccc1Oc1cccc(C)c1F. The van der Waals surface area contributed by atoms with Crippen LogP contribution in [0.1, 0.15) is 29.5 Å². The second-order valence-electron chi connectivity index (χ2n) is 5.74. The molecule has 0 spiro atoms. The summed E-state index contributed by atoms with van der Waals surface area (Å²) < 4.78 is 19.7. The van der Waals surface area contributed by atoms with Gasteiger partial charge in [0, 0.05) is 12.6 Å². The number of nitrogens with one attached hydrogen (secondary N) is 1. The monoisotopic (exact) mass is 285 g/mol. The Bertz CT molecular complexity index is 650. The number of ether oxygens (including phenoxy) is 1. The Balaban J connectivity index is 1.74. The number of rotatable bonds is 5. The summed E-state index contributed by atoms with van der Waals surface area (Å²) in [6, 6.07) is 11.9. The highest BCUT2D eigenvalue weighted by Crippen LogP contribution is 2.29. The molecule has 3 heteroatoms. The van der Waals surface area contributed by atoms with Crippen LogP contribution in [0.5, 0.6) is 11.5 Å². The van der Waals surface area contributed by atoms with Gasteiger partial charge in [-0.15, -0.1) is 0 Å². The highest BCUT2D eigenvalue weighted by Gasteiger charge is 2.20. The van der Waals surface area contributed by atoms with Crippen LogP contribution < -0.4 is 10.1 Å². The van der Waals surface area contributed by atoms with Gasteiger partial charge in [-0.3, -0.25) is 0 Å². The normalized spacial score (nSPS) is 14.2. The Morgan fingerprint density at radius 2 is 1.90 bits per heavy atom. The Morgan fingerprint density at radius 3 is 2.62 bits per heavy atom. The Hall–Kier alpha value is -1.87. The van der Waals surface area contributed by atoms with Crippen LogP contribution in [0, 0.1) is 19.7 Å². The quantitative estimate of drug-likeness (QED) is 0.874. The second-order valence-corrected chi connectivity index (χ2v) is 5.74. The molecular weight excluding hydrogens is 265 g/mol. The highest BCUT2D eigenvalue weighted by molar-refractivity contribution is 5.41. The van der Waals surface area contributed by atoms with Crippen molar-refractivity contribution in [1.82, 2.24) is 5.32 Å². The first-order valence-electron chi connectivity index (χ1n) is 7.39. The van der Waals surface area contributed by atoms with Gasteiger partial charge in [-0.2, -0.15) is 0 Å². The molecule has 1 aliphatic rings. The molecule has 0 radical (unpaired) electrons. The maximum atomic E-state index is 14.0. The maximum absolute atomic E-state index is 14.0. The molecule has 0 amide bonds. The molecule has 1 N–H and O–H groups in total. The van der Waals surface area contributed by atoms with Gasteiger partial charge in [0.1, 0.15) is 5.75 Å². The van der Waals surface area contributed by atoms with Crippen LogP contribution in [-0.2, 0) is 6.54 Å². The Kier molecular flexibility index (Phi) is 3.93. The van der Waals surface area contributed by atoms with E-state index in [4.69, 9.17) is 4.74 Å². The van der Waals surface area contributed by atoms with Crippen molar-refractivity contribution in [3.63, 3.8) is 0 Å². The van der Waals surface area contributed by atoms with Gasteiger partial charge in [0.05, 0.1) is 0 Å². The molecule has 2 aromatic rings. The number of benzene rings is 2. The first-order valence-corrected chi connectivity index (χ1v) is 7.39. The Labute approximate surface area is 125 Å². The smallest absolute Gasteiger partial charge is 0.168 e. The fourth-order valence-corrected chi connectivity index (χ4v) is 2.30. The molecular formula is C18H20FNO. The van der Waals surface area contributed by atoms with Crippen LogP contribution in [0.25, 0.3) is 0 Å². The Morgan fingerprint density at radius 1 is 1.10 bits per heavy atom. The van der Waals surface area contributed by atoms with Gasteiger partial charge < -0.3 is 10.1 Å². The van der Waals surface area contributed by atoms with Gasteiger partial charge in [0.15, 0.2) is 11.6 Å². The van der Waals surface area contributed by atoms with E-state index >= 15 is 0 Å². The van der Waals surface area contributed by atoms with E-state index in [1.165, 1.54) is 18.4 Å². The minimum absolute atomic E-state index is 0.280. The predicted molar refractivity (Wildman–Crippen MR) is 82.3 cm³/mol. The molecule has 0 bridgehead atoms. The zero-order valence-electron chi connectivity index (χ0n) is 12.4. The van der Waals surface area contributed by atoms with Crippen LogP contribution >= 0.6 is 0 Å². The van der Waals surface area contributed by atoms with Crippen molar-refractivity contribution in [2.24, 2.45) is 0 Å². The molecule has 0 aliphatic heterocycles. The van der Waals surface area contributed by atoms with Crippen molar-refractivity contribution in [1.29, 1.82) is 0 Å². The summed E-state index contributed by atoms with van der Waals surface area (Å²) in [5, 5.41) is 3.49. The molecule has 1 aliphatic carbocycles. The summed E-state index contributed by atoms with van der Waals surface area (Å²) in [6.45, 7) is 4.61. The fourth-order valence-electron chi connectivity index (χ4n) is 2.30. The van der Waals surface area contributed by atoms with E-state index in [1.54, 1.807) is 25.1 Å². The van der Waals surface area contributed by atoms with Gasteiger partial charge in [0.25, 0.3) is 0 Å². The number of aryl methyl sites for hydroxylation is 2. The van der Waals surface area contributed by atoms with E-state index in [-0.39, 0.29) is 11.6 Å². The summed E-state index contributed by atoms with van der Waals surface area (Å²) >= 11 is 0. The third kappa shape index (κ3) is 3.42. The van der Waals surface area contributed by atoms with E-state index < -0.39 is 0 Å². The number of hydrogen-bond acceptors (Lipinski definition) is 2. The zero-order chi connectivity index (χ0) is 14.8. The number of hydrogen-bond donors (Lipinski definition) is 1. The first kappa shape index (κ1) is 14.1. The van der Waals surface area contributed by atoms with E-state index in [9.17, 15) is 4.39 Å². The minimum atomic E-state index is -0.295. The summed E-state index contributed by atoms with van der Waals surface area (Å²) in [5.74, 6) is 0.688. The molecule has 110 valence electrons. The maximum Gasteiger partial charge on any atom is 0.168 e. The lowest BCUT2D eigenvalue weighted by molar-refractivity contribution is 0.437. The average molecular weight is 285 g/mol. The van der Waals surface area contributed by atoms with E-state index in [2.05, 4.69) is 11.4 Å². The van der Waals surface area contributed by atoms with Crippen LogP contribution in [0.15, 0.2) is 36.4 Å². The van der Waals surface area contributed by atoms with Gasteiger partial charge in [-0.1, -0.05) is 24.3 Å². The van der Waals surface area contributed by atoms with Gasteiger partial charge in [-0.05, 0) is 55.5 Å². The summed E-state index contributed by atoms with van der Waals surface area (Å²) in [6.07, 6.45) is 2.57. The third-order valence-corrected chi connectivity index (χ3v) is 3.79. The van der Waals surface area contributed by atoms with Crippen LogP contribution in [0.2, 0.25) is 0 Å². The minimum Gasteiger partial charge on any atom is -0.454 e. The van der Waals surface area contributed by atoms with Gasteiger partial charge in [-0.25, -0.2) is 4.39 Å². The third-order valence-electron chi connectivity index (χ3n) is 3.79. The fraction of sp³-hybridized carbons (Fsp3) is 0.333. The van der Waals surface area contributed by atoms with Gasteiger partial charge in [0.2, 0.25) is 0 Å². The molecule has 1 saturated carbocycles. The van der Waals surface area contributed by atoms with E-state index in [0.29, 0.717) is 17.4 Å². The molecule has 2 aromatic carbocycles. The first-order chi connectivity index (χ1) is 10.1. The van der Waals surface area contributed by atoms with Crippen molar-refractivity contribution in [2.75, 3.05) is 0 Å². The highest BCUT2D eigenvalue weighted by atomic mass is 19.1. The van der Waals surface area contributed by atoms with Crippen molar-refractivity contribution >= 4 is 0 Å². The van der Waals surface area contributed by atoms with Crippen molar-refractivity contribution < 1.29 is 9.13 Å². The van der Waals surface area contributed by atoms with Crippen LogP contribution in [0.4, 0.5) is 4.39 Å². The summed E-state index contributed by atoms with van der Waals surface area (Å²) in [7, 11) is 0.